The first-order valence-corrected chi connectivity index (χ1v) is 9.92. The summed E-state index contributed by atoms with van der Waals surface area (Å²) in [5.41, 5.74) is 3.36. The third kappa shape index (κ3) is 4.20. The molecule has 1 saturated heterocycles. The van der Waals surface area contributed by atoms with Crippen LogP contribution in [0.1, 0.15) is 15.9 Å². The molecule has 1 heterocycles. The summed E-state index contributed by atoms with van der Waals surface area (Å²) in [5.74, 6) is -0.703. The van der Waals surface area contributed by atoms with E-state index >= 15 is 0 Å². The maximum Gasteiger partial charge on any atom is 0.293 e. The maximum atomic E-state index is 12.6. The molecule has 142 valence electrons. The number of hydrogen-bond donors (Lipinski definition) is 0. The van der Waals surface area contributed by atoms with Crippen molar-refractivity contribution in [2.24, 2.45) is 0 Å². The van der Waals surface area contributed by atoms with E-state index in [2.05, 4.69) is 0 Å². The lowest BCUT2D eigenvalue weighted by molar-refractivity contribution is -0.122. The predicted octanol–water partition coefficient (Wildman–Crippen LogP) is 5.27. The number of thioether (sulfide) groups is 1. The second kappa shape index (κ2) is 8.29. The third-order valence-electron chi connectivity index (χ3n) is 4.59. The fraction of sp³-hybridized carbons (Fsp3) is 0.0417. The van der Waals surface area contributed by atoms with Crippen LogP contribution in [0.25, 0.3) is 17.2 Å². The number of hydrogen-bond acceptors (Lipinski definition) is 4. The van der Waals surface area contributed by atoms with E-state index in [9.17, 15) is 14.4 Å². The minimum absolute atomic E-state index is 0.262. The number of carbonyl (C=O) groups is 3. The third-order valence-corrected chi connectivity index (χ3v) is 5.49. The van der Waals surface area contributed by atoms with Crippen LogP contribution in [0.3, 0.4) is 0 Å². The topological polar surface area (TPSA) is 54.5 Å². The number of carbonyl (C=O) groups excluding carboxylic acids is 3. The summed E-state index contributed by atoms with van der Waals surface area (Å²) in [4.78, 5) is 38.8. The van der Waals surface area contributed by atoms with Crippen LogP contribution < -0.4 is 0 Å². The van der Waals surface area contributed by atoms with Gasteiger partial charge in [-0.2, -0.15) is 0 Å². The summed E-state index contributed by atoms with van der Waals surface area (Å²) in [6.07, 6.45) is 1.67. The highest BCUT2D eigenvalue weighted by atomic mass is 32.2. The van der Waals surface area contributed by atoms with Crippen molar-refractivity contribution in [3.05, 3.63) is 101 Å². The second-order valence-electron chi connectivity index (χ2n) is 6.55. The van der Waals surface area contributed by atoms with Gasteiger partial charge in [0.15, 0.2) is 5.78 Å². The van der Waals surface area contributed by atoms with Crippen LogP contribution >= 0.6 is 11.8 Å². The molecule has 0 unspecified atom stereocenters. The van der Waals surface area contributed by atoms with Crippen molar-refractivity contribution in [3.8, 4) is 11.1 Å². The monoisotopic (exact) mass is 399 g/mol. The van der Waals surface area contributed by atoms with E-state index < -0.39 is 11.1 Å². The Kier molecular flexibility index (Phi) is 5.40. The number of benzene rings is 3. The number of Topliss-reactive ketones (excluding diaryl/α,β-unsaturated/α-hetero) is 1. The molecule has 3 aromatic rings. The van der Waals surface area contributed by atoms with Crippen molar-refractivity contribution >= 4 is 34.8 Å². The number of rotatable bonds is 5. The summed E-state index contributed by atoms with van der Waals surface area (Å²) >= 11 is 0.860. The van der Waals surface area contributed by atoms with E-state index in [4.69, 9.17) is 0 Å². The first-order valence-electron chi connectivity index (χ1n) is 9.11. The highest BCUT2D eigenvalue weighted by Gasteiger charge is 2.36. The number of nitrogens with zero attached hydrogens (tertiary/aromatic N) is 1. The highest BCUT2D eigenvalue weighted by molar-refractivity contribution is 8.18. The van der Waals surface area contributed by atoms with Gasteiger partial charge < -0.3 is 0 Å². The van der Waals surface area contributed by atoms with Gasteiger partial charge in [-0.25, -0.2) is 0 Å². The Bertz CT molecular complexity index is 1090. The Morgan fingerprint density at radius 1 is 0.793 bits per heavy atom. The molecular weight excluding hydrogens is 382 g/mol. The van der Waals surface area contributed by atoms with Gasteiger partial charge >= 0.3 is 0 Å². The largest absolute Gasteiger partial charge is 0.293 e. The molecule has 0 aliphatic carbocycles. The second-order valence-corrected chi connectivity index (χ2v) is 7.54. The molecule has 0 atom stereocenters. The van der Waals surface area contributed by atoms with Gasteiger partial charge in [0.05, 0.1) is 11.4 Å². The maximum absolute atomic E-state index is 12.6. The van der Waals surface area contributed by atoms with Crippen LogP contribution in [-0.2, 0) is 4.79 Å². The smallest absolute Gasteiger partial charge is 0.292 e. The van der Waals surface area contributed by atoms with Gasteiger partial charge in [-0.3, -0.25) is 19.3 Å². The summed E-state index contributed by atoms with van der Waals surface area (Å²) in [5, 5.41) is -0.425. The van der Waals surface area contributed by atoms with Gasteiger partial charge in [-0.1, -0.05) is 84.9 Å². The molecule has 4 nitrogen and oxygen atoms in total. The minimum Gasteiger partial charge on any atom is -0.292 e. The number of amides is 2. The van der Waals surface area contributed by atoms with Crippen molar-refractivity contribution < 1.29 is 14.4 Å². The lowest BCUT2D eigenvalue weighted by Crippen LogP contribution is -2.33. The molecule has 5 heteroatoms. The highest BCUT2D eigenvalue weighted by Crippen LogP contribution is 2.32. The molecule has 4 rings (SSSR count). The van der Waals surface area contributed by atoms with Gasteiger partial charge in [0.2, 0.25) is 0 Å². The molecule has 1 aliphatic rings. The molecule has 0 aromatic heterocycles. The number of imide groups is 1. The normalized spacial score (nSPS) is 15.2. The molecule has 0 saturated carbocycles. The first kappa shape index (κ1) is 18.9. The average Bonchev–Trinajstić information content (AvgIpc) is 3.02. The van der Waals surface area contributed by atoms with E-state index in [1.807, 2.05) is 72.8 Å². The molecule has 2 amide bonds. The quantitative estimate of drug-likeness (QED) is 0.433. The Morgan fingerprint density at radius 3 is 2.03 bits per heavy atom. The minimum atomic E-state index is -0.432. The van der Waals surface area contributed by atoms with Crippen LogP contribution in [0.4, 0.5) is 4.79 Å². The van der Waals surface area contributed by atoms with Gasteiger partial charge in [-0.15, -0.1) is 0 Å². The molecule has 0 bridgehead atoms. The van der Waals surface area contributed by atoms with Gasteiger partial charge in [-0.05, 0) is 34.5 Å². The van der Waals surface area contributed by atoms with Crippen molar-refractivity contribution in [3.63, 3.8) is 0 Å². The standard InChI is InChI=1S/C24H17NO3S/c26-21(20-13-11-19(12-14-20)18-9-5-2-6-10-18)16-25-23(27)22(29-24(25)28)15-17-7-3-1-4-8-17/h1-15H,16H2. The van der Waals surface area contributed by atoms with Crippen LogP contribution in [0.15, 0.2) is 89.8 Å². The lowest BCUT2D eigenvalue weighted by Gasteiger charge is -2.11. The Labute approximate surface area is 172 Å². The van der Waals surface area contributed by atoms with Crippen molar-refractivity contribution in [2.45, 2.75) is 0 Å². The van der Waals surface area contributed by atoms with Crippen LogP contribution in [0.2, 0.25) is 0 Å². The molecule has 0 N–H and O–H groups in total. The fourth-order valence-electron chi connectivity index (χ4n) is 3.05. The van der Waals surface area contributed by atoms with Crippen LogP contribution in [-0.4, -0.2) is 28.4 Å². The Balaban J connectivity index is 1.47. The fourth-order valence-corrected chi connectivity index (χ4v) is 3.89. The van der Waals surface area contributed by atoms with Gasteiger partial charge in [0.1, 0.15) is 0 Å². The van der Waals surface area contributed by atoms with E-state index in [-0.39, 0.29) is 12.3 Å². The summed E-state index contributed by atoms with van der Waals surface area (Å²) in [6, 6.07) is 26.3. The molecule has 0 radical (unpaired) electrons. The number of ketones is 1. The van der Waals surface area contributed by atoms with Crippen molar-refractivity contribution in [1.82, 2.24) is 4.90 Å². The van der Waals surface area contributed by atoms with Crippen LogP contribution in [0.5, 0.6) is 0 Å². The molecule has 3 aromatic carbocycles. The molecule has 1 aliphatic heterocycles. The van der Waals surface area contributed by atoms with Gasteiger partial charge in [0.25, 0.3) is 11.1 Å². The lowest BCUT2D eigenvalue weighted by atomic mass is 10.0. The van der Waals surface area contributed by atoms with E-state index in [1.165, 1.54) is 0 Å². The zero-order valence-electron chi connectivity index (χ0n) is 15.4. The van der Waals surface area contributed by atoms with Gasteiger partial charge in [0, 0.05) is 5.56 Å². The summed E-state index contributed by atoms with van der Waals surface area (Å²) < 4.78 is 0. The average molecular weight is 399 g/mol. The van der Waals surface area contributed by atoms with E-state index in [0.717, 1.165) is 33.4 Å². The Morgan fingerprint density at radius 2 is 1.38 bits per heavy atom. The zero-order chi connectivity index (χ0) is 20.2. The summed E-state index contributed by atoms with van der Waals surface area (Å²) in [6.45, 7) is -0.262. The first-order chi connectivity index (χ1) is 14.1. The van der Waals surface area contributed by atoms with E-state index in [0.29, 0.717) is 10.5 Å². The predicted molar refractivity (Wildman–Crippen MR) is 115 cm³/mol. The van der Waals surface area contributed by atoms with Crippen molar-refractivity contribution in [1.29, 1.82) is 0 Å². The van der Waals surface area contributed by atoms with Crippen LogP contribution in [0, 0.1) is 0 Å². The Hall–Kier alpha value is -3.44. The van der Waals surface area contributed by atoms with Crippen molar-refractivity contribution in [2.75, 3.05) is 6.54 Å². The molecule has 29 heavy (non-hydrogen) atoms. The zero-order valence-corrected chi connectivity index (χ0v) is 16.3. The SMILES string of the molecule is O=C(CN1C(=O)SC(=Cc2ccccc2)C1=O)c1ccc(-c2ccccc2)cc1. The molecule has 1 fully saturated rings. The molecule has 0 spiro atoms. The summed E-state index contributed by atoms with van der Waals surface area (Å²) in [7, 11) is 0. The molecular formula is C24H17NO3S. The van der Waals surface area contributed by atoms with E-state index in [1.54, 1.807) is 18.2 Å².